The first kappa shape index (κ1) is 13.2. The lowest BCUT2D eigenvalue weighted by Crippen LogP contribution is -2.17. The van der Waals surface area contributed by atoms with E-state index in [9.17, 15) is 4.79 Å². The Morgan fingerprint density at radius 2 is 2.00 bits per heavy atom. The number of nitrogens with one attached hydrogen (secondary N) is 1. The molecule has 7 nitrogen and oxygen atoms in total. The van der Waals surface area contributed by atoms with E-state index in [1.807, 2.05) is 32.0 Å². The molecule has 1 amide bonds. The van der Waals surface area contributed by atoms with Gasteiger partial charge in [-0.15, -0.1) is 5.10 Å². The number of hydrogen-bond donors (Lipinski definition) is 1. The minimum Gasteiger partial charge on any atom is -0.356 e. The zero-order chi connectivity index (χ0) is 14.8. The van der Waals surface area contributed by atoms with Gasteiger partial charge in [-0.1, -0.05) is 17.3 Å². The molecule has 0 radical (unpaired) electrons. The van der Waals surface area contributed by atoms with Crippen LogP contribution in [0.3, 0.4) is 0 Å². The number of benzene rings is 1. The second kappa shape index (κ2) is 5.28. The van der Waals surface area contributed by atoms with Crippen molar-refractivity contribution in [2.24, 2.45) is 0 Å². The second-order valence-corrected chi connectivity index (χ2v) is 4.66. The number of fused-ring (bicyclic) bond motifs is 1. The van der Waals surface area contributed by atoms with Crippen molar-refractivity contribution in [3.05, 3.63) is 41.3 Å². The van der Waals surface area contributed by atoms with Crippen molar-refractivity contribution >= 4 is 22.8 Å². The van der Waals surface area contributed by atoms with Crippen molar-refractivity contribution < 1.29 is 9.32 Å². The fraction of sp³-hybridized carbons (Fsp3) is 0.214. The van der Waals surface area contributed by atoms with Gasteiger partial charge in [-0.3, -0.25) is 10.1 Å². The van der Waals surface area contributed by atoms with Crippen LogP contribution < -0.4 is 5.32 Å². The number of anilines is 1. The molecule has 7 heteroatoms. The average molecular weight is 283 g/mol. The van der Waals surface area contributed by atoms with Crippen molar-refractivity contribution in [2.45, 2.75) is 20.3 Å². The first-order valence-corrected chi connectivity index (χ1v) is 6.44. The molecule has 0 aliphatic heterocycles. The minimum atomic E-state index is -0.265. The molecular weight excluding hydrogens is 270 g/mol. The summed E-state index contributed by atoms with van der Waals surface area (Å²) < 4.78 is 5.16. The van der Waals surface area contributed by atoms with Gasteiger partial charge in [0, 0.05) is 5.39 Å². The van der Waals surface area contributed by atoms with Crippen LogP contribution in [0.25, 0.3) is 11.0 Å². The van der Waals surface area contributed by atoms with Crippen LogP contribution in [0, 0.1) is 13.8 Å². The van der Waals surface area contributed by atoms with E-state index in [-0.39, 0.29) is 18.3 Å². The molecule has 0 aliphatic carbocycles. The number of para-hydroxylation sites is 1. The van der Waals surface area contributed by atoms with Crippen LogP contribution in [0.15, 0.2) is 28.8 Å². The molecule has 1 aromatic carbocycles. The van der Waals surface area contributed by atoms with Crippen molar-refractivity contribution in [3.8, 4) is 0 Å². The molecule has 1 N–H and O–H groups in total. The van der Waals surface area contributed by atoms with Gasteiger partial charge in [-0.2, -0.15) is 5.10 Å². The molecule has 0 saturated carbocycles. The summed E-state index contributed by atoms with van der Waals surface area (Å²) >= 11 is 0. The van der Waals surface area contributed by atoms with Gasteiger partial charge in [0.1, 0.15) is 5.69 Å². The molecule has 2 heterocycles. The van der Waals surface area contributed by atoms with E-state index in [1.54, 1.807) is 6.07 Å². The second-order valence-electron chi connectivity index (χ2n) is 4.66. The van der Waals surface area contributed by atoms with Crippen LogP contribution in [-0.2, 0) is 11.2 Å². The summed E-state index contributed by atoms with van der Waals surface area (Å²) in [4.78, 5) is 16.2. The molecule has 0 unspecified atom stereocenters. The predicted molar refractivity (Wildman–Crippen MR) is 75.6 cm³/mol. The Kier molecular flexibility index (Phi) is 3.31. The van der Waals surface area contributed by atoms with E-state index >= 15 is 0 Å². The average Bonchev–Trinajstić information content (AvgIpc) is 2.86. The topological polar surface area (TPSA) is 93.8 Å². The summed E-state index contributed by atoms with van der Waals surface area (Å²) in [6.45, 7) is 3.62. The minimum absolute atomic E-state index is 0.0906. The molecule has 0 bridgehead atoms. The summed E-state index contributed by atoms with van der Waals surface area (Å²) in [6, 6.07) is 7.39. The maximum atomic E-state index is 12.0. The number of aryl methyl sites for hydroxylation is 2. The predicted octanol–water partition coefficient (Wildman–Crippen LogP) is 1.81. The van der Waals surface area contributed by atoms with Crippen LogP contribution in [0.5, 0.6) is 0 Å². The fourth-order valence-corrected chi connectivity index (χ4v) is 1.90. The fourth-order valence-electron chi connectivity index (χ4n) is 1.90. The number of carbonyl (C=O) groups is 1. The van der Waals surface area contributed by atoms with Gasteiger partial charge in [0.15, 0.2) is 5.58 Å². The van der Waals surface area contributed by atoms with Crippen LogP contribution in [0.1, 0.15) is 17.1 Å². The molecule has 106 valence electrons. The number of hydrogen-bond acceptors (Lipinski definition) is 6. The lowest BCUT2D eigenvalue weighted by Gasteiger charge is -2.03. The maximum absolute atomic E-state index is 12.0. The first-order chi connectivity index (χ1) is 10.1. The van der Waals surface area contributed by atoms with Gasteiger partial charge < -0.3 is 4.52 Å². The molecule has 0 saturated heterocycles. The van der Waals surface area contributed by atoms with E-state index in [0.717, 1.165) is 16.8 Å². The molecule has 0 atom stereocenters. The third kappa shape index (κ3) is 2.71. The Hall–Kier alpha value is -2.83. The SMILES string of the molecule is Cc1nnc(NC(=O)Cc2noc3ccccc23)nc1C. The standard InChI is InChI=1S/C14H13N5O2/c1-8-9(2)17-18-14(15-8)16-13(20)7-11-10-5-3-4-6-12(10)21-19-11/h3-6H,7H2,1-2H3,(H,15,16,18,20). The highest BCUT2D eigenvalue weighted by Gasteiger charge is 2.13. The van der Waals surface area contributed by atoms with Crippen molar-refractivity contribution in [1.29, 1.82) is 0 Å². The number of amides is 1. The number of aromatic nitrogens is 4. The Bertz CT molecular complexity index is 812. The Labute approximate surface area is 120 Å². The quantitative estimate of drug-likeness (QED) is 0.787. The highest BCUT2D eigenvalue weighted by atomic mass is 16.5. The van der Waals surface area contributed by atoms with Crippen LogP contribution in [-0.4, -0.2) is 26.2 Å². The van der Waals surface area contributed by atoms with E-state index < -0.39 is 0 Å². The lowest BCUT2D eigenvalue weighted by atomic mass is 10.2. The summed E-state index contributed by atoms with van der Waals surface area (Å²) in [5.41, 5.74) is 2.70. The zero-order valence-corrected chi connectivity index (χ0v) is 11.6. The molecule has 3 rings (SSSR count). The molecule has 2 aromatic heterocycles. The Morgan fingerprint density at radius 3 is 2.81 bits per heavy atom. The van der Waals surface area contributed by atoms with Gasteiger partial charge in [-0.05, 0) is 26.0 Å². The molecule has 0 fully saturated rings. The van der Waals surface area contributed by atoms with Crippen molar-refractivity contribution in [2.75, 3.05) is 5.32 Å². The lowest BCUT2D eigenvalue weighted by molar-refractivity contribution is -0.115. The first-order valence-electron chi connectivity index (χ1n) is 6.44. The number of nitrogens with zero attached hydrogens (tertiary/aromatic N) is 4. The number of rotatable bonds is 3. The van der Waals surface area contributed by atoms with Crippen LogP contribution in [0.2, 0.25) is 0 Å². The summed E-state index contributed by atoms with van der Waals surface area (Å²) in [5, 5.41) is 15.1. The molecule has 3 aromatic rings. The zero-order valence-electron chi connectivity index (χ0n) is 11.6. The highest BCUT2D eigenvalue weighted by molar-refractivity contribution is 5.93. The van der Waals surface area contributed by atoms with Crippen LogP contribution >= 0.6 is 0 Å². The van der Waals surface area contributed by atoms with Gasteiger partial charge in [0.25, 0.3) is 0 Å². The molecule has 0 spiro atoms. The van der Waals surface area contributed by atoms with Crippen molar-refractivity contribution in [3.63, 3.8) is 0 Å². The van der Waals surface area contributed by atoms with Gasteiger partial charge in [0.2, 0.25) is 11.9 Å². The third-order valence-electron chi connectivity index (χ3n) is 3.12. The molecule has 0 aliphatic rings. The van der Waals surface area contributed by atoms with E-state index in [0.29, 0.717) is 11.3 Å². The van der Waals surface area contributed by atoms with E-state index in [1.165, 1.54) is 0 Å². The van der Waals surface area contributed by atoms with Gasteiger partial charge in [0.05, 0.1) is 17.8 Å². The van der Waals surface area contributed by atoms with Crippen molar-refractivity contribution in [1.82, 2.24) is 20.3 Å². The maximum Gasteiger partial charge on any atom is 0.249 e. The summed E-state index contributed by atoms with van der Waals surface area (Å²) in [6.07, 6.45) is 0.0906. The molecular formula is C14H13N5O2. The summed E-state index contributed by atoms with van der Waals surface area (Å²) in [7, 11) is 0. The third-order valence-corrected chi connectivity index (χ3v) is 3.12. The summed E-state index contributed by atoms with van der Waals surface area (Å²) in [5.74, 6) is -0.0741. The highest BCUT2D eigenvalue weighted by Crippen LogP contribution is 2.18. The number of carbonyl (C=O) groups excluding carboxylic acids is 1. The normalized spacial score (nSPS) is 10.8. The molecule has 21 heavy (non-hydrogen) atoms. The van der Waals surface area contributed by atoms with Gasteiger partial charge >= 0.3 is 0 Å². The Balaban J connectivity index is 1.75. The van der Waals surface area contributed by atoms with E-state index in [2.05, 4.69) is 25.7 Å². The largest absolute Gasteiger partial charge is 0.356 e. The van der Waals surface area contributed by atoms with Gasteiger partial charge in [-0.25, -0.2) is 4.98 Å². The smallest absolute Gasteiger partial charge is 0.249 e. The Morgan fingerprint density at radius 1 is 1.19 bits per heavy atom. The monoisotopic (exact) mass is 283 g/mol. The van der Waals surface area contributed by atoms with E-state index in [4.69, 9.17) is 4.52 Å². The van der Waals surface area contributed by atoms with Crippen LogP contribution in [0.4, 0.5) is 5.95 Å².